The molecular weight excluding hydrogens is 366 g/mol. The largest absolute Gasteiger partial charge is 0.493 e. The lowest BCUT2D eigenvalue weighted by molar-refractivity contribution is -0.385. The van der Waals surface area contributed by atoms with Crippen LogP contribution in [0.15, 0.2) is 42.5 Å². The molecule has 0 aliphatic heterocycles. The number of thiocarbonyl (C=S) groups is 1. The number of nitro benzene ring substituents is 1. The molecule has 0 atom stereocenters. The van der Waals surface area contributed by atoms with Gasteiger partial charge in [0.2, 0.25) is 0 Å². The lowest BCUT2D eigenvalue weighted by atomic mass is 10.2. The minimum Gasteiger partial charge on any atom is -0.493 e. The molecule has 2 aromatic rings. The minimum absolute atomic E-state index is 0.0221. The normalized spacial score (nSPS) is 10.4. The van der Waals surface area contributed by atoms with Crippen LogP contribution in [-0.4, -0.2) is 22.5 Å². The Balaban J connectivity index is 1.96. The second-order valence-electron chi connectivity index (χ2n) is 6.40. The molecule has 0 radical (unpaired) electrons. The molecule has 0 aromatic heterocycles. The fourth-order valence-electron chi connectivity index (χ4n) is 2.19. The Morgan fingerprint density at radius 1 is 1.22 bits per heavy atom. The van der Waals surface area contributed by atoms with Crippen LogP contribution >= 0.6 is 12.2 Å². The third kappa shape index (κ3) is 6.03. The van der Waals surface area contributed by atoms with E-state index in [1.54, 1.807) is 43.3 Å². The average molecular weight is 387 g/mol. The SMILES string of the molecule is Cc1ccc(NC(=S)NC(=O)c2ccc(OCC(C)C)cc2)cc1[N+](=O)[O-]. The number of rotatable bonds is 6. The molecule has 2 N–H and O–H groups in total. The zero-order valence-corrected chi connectivity index (χ0v) is 16.1. The fourth-order valence-corrected chi connectivity index (χ4v) is 2.40. The zero-order valence-electron chi connectivity index (χ0n) is 15.3. The highest BCUT2D eigenvalue weighted by atomic mass is 32.1. The van der Waals surface area contributed by atoms with E-state index in [0.717, 1.165) is 0 Å². The molecule has 0 unspecified atom stereocenters. The smallest absolute Gasteiger partial charge is 0.274 e. The molecule has 7 nitrogen and oxygen atoms in total. The lowest BCUT2D eigenvalue weighted by Crippen LogP contribution is -2.34. The Morgan fingerprint density at radius 2 is 1.89 bits per heavy atom. The van der Waals surface area contributed by atoms with E-state index in [1.165, 1.54) is 6.07 Å². The van der Waals surface area contributed by atoms with Crippen LogP contribution in [0.5, 0.6) is 5.75 Å². The first-order chi connectivity index (χ1) is 12.8. The maximum Gasteiger partial charge on any atom is 0.274 e. The first kappa shape index (κ1) is 20.3. The Morgan fingerprint density at radius 3 is 2.48 bits per heavy atom. The predicted molar refractivity (Wildman–Crippen MR) is 108 cm³/mol. The van der Waals surface area contributed by atoms with Gasteiger partial charge >= 0.3 is 0 Å². The third-order valence-corrected chi connectivity index (χ3v) is 3.79. The molecule has 27 heavy (non-hydrogen) atoms. The fraction of sp³-hybridized carbons (Fsp3) is 0.263. The van der Waals surface area contributed by atoms with Gasteiger partial charge < -0.3 is 10.1 Å². The summed E-state index contributed by atoms with van der Waals surface area (Å²) in [5.74, 6) is 0.714. The highest BCUT2D eigenvalue weighted by Gasteiger charge is 2.13. The van der Waals surface area contributed by atoms with Crippen molar-refractivity contribution in [3.05, 3.63) is 63.7 Å². The molecule has 0 bridgehead atoms. The number of benzene rings is 2. The number of nitro groups is 1. The van der Waals surface area contributed by atoms with Crippen molar-refractivity contribution in [2.75, 3.05) is 11.9 Å². The van der Waals surface area contributed by atoms with Gasteiger partial charge in [-0.2, -0.15) is 0 Å². The number of amides is 1. The van der Waals surface area contributed by atoms with Gasteiger partial charge in [0.05, 0.1) is 11.5 Å². The van der Waals surface area contributed by atoms with Crippen molar-refractivity contribution in [2.24, 2.45) is 5.92 Å². The van der Waals surface area contributed by atoms with Crippen LogP contribution in [-0.2, 0) is 0 Å². The number of anilines is 1. The van der Waals surface area contributed by atoms with Gasteiger partial charge in [-0.1, -0.05) is 19.9 Å². The van der Waals surface area contributed by atoms with Crippen LogP contribution in [0.4, 0.5) is 11.4 Å². The first-order valence-electron chi connectivity index (χ1n) is 8.36. The summed E-state index contributed by atoms with van der Waals surface area (Å²) in [5, 5.41) is 16.4. The topological polar surface area (TPSA) is 93.5 Å². The number of nitrogens with one attached hydrogen (secondary N) is 2. The average Bonchev–Trinajstić information content (AvgIpc) is 2.61. The highest BCUT2D eigenvalue weighted by molar-refractivity contribution is 7.80. The van der Waals surface area contributed by atoms with Crippen LogP contribution in [0.3, 0.4) is 0 Å². The molecule has 0 spiro atoms. The number of nitrogens with zero attached hydrogens (tertiary/aromatic N) is 1. The van der Waals surface area contributed by atoms with Crippen molar-refractivity contribution in [2.45, 2.75) is 20.8 Å². The van der Waals surface area contributed by atoms with Crippen LogP contribution in [0, 0.1) is 23.0 Å². The quantitative estimate of drug-likeness (QED) is 0.441. The van der Waals surface area contributed by atoms with Gasteiger partial charge in [0, 0.05) is 22.9 Å². The van der Waals surface area contributed by atoms with Crippen molar-refractivity contribution in [3.8, 4) is 5.75 Å². The summed E-state index contributed by atoms with van der Waals surface area (Å²) in [6.07, 6.45) is 0. The molecule has 8 heteroatoms. The third-order valence-electron chi connectivity index (χ3n) is 3.59. The predicted octanol–water partition coefficient (Wildman–Crippen LogP) is 4.06. The Bertz CT molecular complexity index is 851. The summed E-state index contributed by atoms with van der Waals surface area (Å²) >= 11 is 5.11. The van der Waals surface area contributed by atoms with Crippen LogP contribution < -0.4 is 15.4 Å². The standard InChI is InChI=1S/C19H21N3O4S/c1-12(2)11-26-16-8-5-14(6-9-16)18(23)21-19(27)20-15-7-4-13(3)17(10-15)22(24)25/h4-10,12H,11H2,1-3H3,(H2,20,21,23,27). The number of carbonyl (C=O) groups is 1. The molecule has 0 heterocycles. The maximum atomic E-state index is 12.3. The van der Waals surface area contributed by atoms with E-state index in [2.05, 4.69) is 24.5 Å². The summed E-state index contributed by atoms with van der Waals surface area (Å²) in [4.78, 5) is 22.8. The maximum absolute atomic E-state index is 12.3. The van der Waals surface area contributed by atoms with E-state index < -0.39 is 4.92 Å². The number of ether oxygens (including phenoxy) is 1. The lowest BCUT2D eigenvalue weighted by Gasteiger charge is -2.11. The summed E-state index contributed by atoms with van der Waals surface area (Å²) in [7, 11) is 0. The van der Waals surface area contributed by atoms with Crippen molar-refractivity contribution in [1.29, 1.82) is 0 Å². The van der Waals surface area contributed by atoms with E-state index in [4.69, 9.17) is 17.0 Å². The van der Waals surface area contributed by atoms with Gasteiger partial charge in [-0.25, -0.2) is 0 Å². The molecule has 0 aliphatic carbocycles. The molecular formula is C19H21N3O4S. The van der Waals surface area contributed by atoms with Gasteiger partial charge in [0.1, 0.15) is 5.75 Å². The molecule has 2 rings (SSSR count). The Kier molecular flexibility index (Phi) is 6.84. The van der Waals surface area contributed by atoms with E-state index in [-0.39, 0.29) is 16.7 Å². The molecule has 0 aliphatic rings. The minimum atomic E-state index is -0.467. The van der Waals surface area contributed by atoms with Gasteiger partial charge in [0.25, 0.3) is 11.6 Å². The monoisotopic (exact) mass is 387 g/mol. The van der Waals surface area contributed by atoms with Gasteiger partial charge in [-0.3, -0.25) is 20.2 Å². The molecule has 142 valence electrons. The van der Waals surface area contributed by atoms with Gasteiger partial charge in [-0.15, -0.1) is 0 Å². The van der Waals surface area contributed by atoms with Crippen LogP contribution in [0.1, 0.15) is 29.8 Å². The van der Waals surface area contributed by atoms with Crippen molar-refractivity contribution >= 4 is 34.6 Å². The molecule has 0 fully saturated rings. The van der Waals surface area contributed by atoms with E-state index in [0.29, 0.717) is 35.1 Å². The summed E-state index contributed by atoms with van der Waals surface area (Å²) in [5.41, 5.74) is 1.37. The second-order valence-corrected chi connectivity index (χ2v) is 6.80. The molecule has 2 aromatic carbocycles. The summed E-state index contributed by atoms with van der Waals surface area (Å²) in [6, 6.07) is 11.4. The Hall–Kier alpha value is -3.00. The van der Waals surface area contributed by atoms with E-state index >= 15 is 0 Å². The van der Waals surface area contributed by atoms with Crippen molar-refractivity contribution in [1.82, 2.24) is 5.32 Å². The molecule has 0 saturated carbocycles. The van der Waals surface area contributed by atoms with E-state index in [9.17, 15) is 14.9 Å². The first-order valence-corrected chi connectivity index (χ1v) is 8.77. The van der Waals surface area contributed by atoms with Crippen molar-refractivity contribution in [3.63, 3.8) is 0 Å². The van der Waals surface area contributed by atoms with Crippen LogP contribution in [0.2, 0.25) is 0 Å². The second kappa shape index (κ2) is 9.09. The summed E-state index contributed by atoms with van der Waals surface area (Å²) in [6.45, 7) is 6.36. The molecule has 0 saturated heterocycles. The number of aryl methyl sites for hydroxylation is 1. The van der Waals surface area contributed by atoms with Gasteiger partial charge in [0.15, 0.2) is 5.11 Å². The Labute approximate surface area is 162 Å². The number of hydrogen-bond acceptors (Lipinski definition) is 5. The van der Waals surface area contributed by atoms with Crippen molar-refractivity contribution < 1.29 is 14.5 Å². The van der Waals surface area contributed by atoms with Gasteiger partial charge in [-0.05, 0) is 55.4 Å². The summed E-state index contributed by atoms with van der Waals surface area (Å²) < 4.78 is 5.58. The number of hydrogen-bond donors (Lipinski definition) is 2. The zero-order chi connectivity index (χ0) is 20.0. The van der Waals surface area contributed by atoms with Crippen LogP contribution in [0.25, 0.3) is 0 Å². The molecule has 1 amide bonds. The highest BCUT2D eigenvalue weighted by Crippen LogP contribution is 2.22. The van der Waals surface area contributed by atoms with E-state index in [1.807, 2.05) is 0 Å². The number of carbonyl (C=O) groups excluding carboxylic acids is 1.